The standard InChI is InChI=1S/C23H24ClF3N4O2S/c1-22(2,3)14-5-8-16(9-6-14)33-12-19-29-30-21(31(19)4)34-13-20(32)28-18-11-15(23(25,26)27)7-10-17(18)24/h5-11H,12-13H2,1-4H3,(H,28,32). The topological polar surface area (TPSA) is 69.0 Å². The molecule has 2 aromatic carbocycles. The molecule has 0 aliphatic rings. The summed E-state index contributed by atoms with van der Waals surface area (Å²) < 4.78 is 46.2. The molecule has 0 atom stereocenters. The number of anilines is 1. The summed E-state index contributed by atoms with van der Waals surface area (Å²) in [6, 6.07) is 10.6. The van der Waals surface area contributed by atoms with E-state index in [2.05, 4.69) is 36.3 Å². The van der Waals surface area contributed by atoms with Crippen molar-refractivity contribution >= 4 is 35.0 Å². The molecule has 182 valence electrons. The molecule has 1 N–H and O–H groups in total. The fraction of sp³-hybridized carbons (Fsp3) is 0.348. The van der Waals surface area contributed by atoms with Gasteiger partial charge in [-0.15, -0.1) is 10.2 Å². The van der Waals surface area contributed by atoms with Crippen LogP contribution in [0.4, 0.5) is 18.9 Å². The highest BCUT2D eigenvalue weighted by Gasteiger charge is 2.31. The number of carbonyl (C=O) groups excluding carboxylic acids is 1. The second kappa shape index (κ2) is 10.3. The largest absolute Gasteiger partial charge is 0.486 e. The Balaban J connectivity index is 1.56. The number of hydrogen-bond donors (Lipinski definition) is 1. The van der Waals surface area contributed by atoms with Gasteiger partial charge in [0, 0.05) is 7.05 Å². The van der Waals surface area contributed by atoms with Gasteiger partial charge in [-0.05, 0) is 41.3 Å². The van der Waals surface area contributed by atoms with Crippen molar-refractivity contribution in [2.45, 2.75) is 44.1 Å². The molecule has 1 amide bonds. The third-order valence-electron chi connectivity index (χ3n) is 4.91. The molecule has 0 saturated heterocycles. The van der Waals surface area contributed by atoms with Gasteiger partial charge in [-0.25, -0.2) is 0 Å². The van der Waals surface area contributed by atoms with Gasteiger partial charge in [-0.3, -0.25) is 4.79 Å². The number of halogens is 4. The maximum absolute atomic E-state index is 12.9. The normalized spacial score (nSPS) is 12.0. The summed E-state index contributed by atoms with van der Waals surface area (Å²) in [5.74, 6) is 0.644. The highest BCUT2D eigenvalue weighted by molar-refractivity contribution is 7.99. The van der Waals surface area contributed by atoms with Gasteiger partial charge in [-0.2, -0.15) is 13.2 Å². The van der Waals surface area contributed by atoms with E-state index < -0.39 is 17.6 Å². The lowest BCUT2D eigenvalue weighted by atomic mass is 9.87. The maximum atomic E-state index is 12.9. The van der Waals surface area contributed by atoms with Gasteiger partial charge in [0.1, 0.15) is 12.4 Å². The quantitative estimate of drug-likeness (QED) is 0.388. The van der Waals surface area contributed by atoms with Crippen molar-refractivity contribution in [3.8, 4) is 5.75 Å². The van der Waals surface area contributed by atoms with Crippen LogP contribution in [0, 0.1) is 0 Å². The average molecular weight is 513 g/mol. The Morgan fingerprint density at radius 1 is 1.09 bits per heavy atom. The van der Waals surface area contributed by atoms with E-state index >= 15 is 0 Å². The van der Waals surface area contributed by atoms with Gasteiger partial charge in [0.15, 0.2) is 11.0 Å². The number of alkyl halides is 3. The fourth-order valence-electron chi connectivity index (χ4n) is 2.91. The SMILES string of the molecule is Cn1c(COc2ccc(C(C)(C)C)cc2)nnc1SCC(=O)Nc1cc(C(F)(F)F)ccc1Cl. The number of carbonyl (C=O) groups is 1. The predicted octanol–water partition coefficient (Wildman–Crippen LogP) is 6.09. The first kappa shape index (κ1) is 25.9. The number of ether oxygens (including phenoxy) is 1. The minimum Gasteiger partial charge on any atom is -0.486 e. The Morgan fingerprint density at radius 3 is 2.35 bits per heavy atom. The molecule has 1 heterocycles. The lowest BCUT2D eigenvalue weighted by molar-refractivity contribution is -0.137. The van der Waals surface area contributed by atoms with E-state index in [-0.39, 0.29) is 28.5 Å². The van der Waals surface area contributed by atoms with Gasteiger partial charge in [0.2, 0.25) is 5.91 Å². The molecule has 0 unspecified atom stereocenters. The van der Waals surface area contributed by atoms with Crippen molar-refractivity contribution in [1.29, 1.82) is 0 Å². The molecule has 0 fully saturated rings. The third kappa shape index (κ3) is 6.66. The van der Waals surface area contributed by atoms with Crippen molar-refractivity contribution in [2.75, 3.05) is 11.1 Å². The van der Waals surface area contributed by atoms with Crippen LogP contribution in [0.15, 0.2) is 47.6 Å². The summed E-state index contributed by atoms with van der Waals surface area (Å²) in [7, 11) is 1.74. The lowest BCUT2D eigenvalue weighted by Gasteiger charge is -2.19. The first-order valence-electron chi connectivity index (χ1n) is 10.3. The summed E-state index contributed by atoms with van der Waals surface area (Å²) >= 11 is 7.02. The number of benzene rings is 2. The van der Waals surface area contributed by atoms with E-state index in [0.717, 1.165) is 30.0 Å². The van der Waals surface area contributed by atoms with Crippen LogP contribution in [0.5, 0.6) is 5.75 Å². The fourth-order valence-corrected chi connectivity index (χ4v) is 3.80. The minimum atomic E-state index is -4.54. The third-order valence-corrected chi connectivity index (χ3v) is 6.26. The number of nitrogens with one attached hydrogen (secondary N) is 1. The summed E-state index contributed by atoms with van der Waals surface area (Å²) in [6.45, 7) is 6.59. The van der Waals surface area contributed by atoms with Crippen LogP contribution in [0.2, 0.25) is 5.02 Å². The lowest BCUT2D eigenvalue weighted by Crippen LogP contribution is -2.16. The Hall–Kier alpha value is -2.72. The second-order valence-electron chi connectivity index (χ2n) is 8.55. The van der Waals surface area contributed by atoms with Crippen LogP contribution in [-0.4, -0.2) is 26.4 Å². The molecule has 0 aliphatic carbocycles. The van der Waals surface area contributed by atoms with Crippen LogP contribution in [0.1, 0.15) is 37.7 Å². The van der Waals surface area contributed by atoms with E-state index in [1.54, 1.807) is 11.6 Å². The Bertz CT molecular complexity index is 1160. The van der Waals surface area contributed by atoms with Gasteiger partial charge in [0.25, 0.3) is 0 Å². The first-order chi connectivity index (χ1) is 15.8. The maximum Gasteiger partial charge on any atom is 0.416 e. The molecule has 6 nitrogen and oxygen atoms in total. The highest BCUT2D eigenvalue weighted by Crippen LogP contribution is 2.34. The minimum absolute atomic E-state index is 0.0139. The van der Waals surface area contributed by atoms with Crippen LogP contribution >= 0.6 is 23.4 Å². The van der Waals surface area contributed by atoms with Crippen molar-refractivity contribution in [1.82, 2.24) is 14.8 Å². The van der Waals surface area contributed by atoms with Gasteiger partial charge in [0.05, 0.1) is 22.0 Å². The zero-order valence-corrected chi connectivity index (χ0v) is 20.6. The molecule has 0 aliphatic heterocycles. The first-order valence-corrected chi connectivity index (χ1v) is 11.6. The summed E-state index contributed by atoms with van der Waals surface area (Å²) in [5.41, 5.74) is 0.242. The monoisotopic (exact) mass is 512 g/mol. The van der Waals surface area contributed by atoms with Crippen LogP contribution in [0.25, 0.3) is 0 Å². The molecule has 0 saturated carbocycles. The number of hydrogen-bond acceptors (Lipinski definition) is 5. The predicted molar refractivity (Wildman–Crippen MR) is 126 cm³/mol. The van der Waals surface area contributed by atoms with E-state index in [1.165, 1.54) is 5.56 Å². The molecule has 3 rings (SSSR count). The summed E-state index contributed by atoms with van der Waals surface area (Å²) in [6.07, 6.45) is -4.54. The van der Waals surface area contributed by atoms with Crippen molar-refractivity contribution < 1.29 is 22.7 Å². The zero-order valence-electron chi connectivity index (χ0n) is 19.0. The van der Waals surface area contributed by atoms with E-state index in [1.807, 2.05) is 24.3 Å². The zero-order chi connectivity index (χ0) is 25.1. The van der Waals surface area contributed by atoms with E-state index in [4.69, 9.17) is 16.3 Å². The van der Waals surface area contributed by atoms with E-state index in [0.29, 0.717) is 16.7 Å². The van der Waals surface area contributed by atoms with Crippen molar-refractivity contribution in [3.05, 3.63) is 64.4 Å². The highest BCUT2D eigenvalue weighted by atomic mass is 35.5. The van der Waals surface area contributed by atoms with Gasteiger partial charge < -0.3 is 14.6 Å². The number of amides is 1. The Kier molecular flexibility index (Phi) is 7.82. The summed E-state index contributed by atoms with van der Waals surface area (Å²) in [5, 5.41) is 11.0. The molecule has 0 bridgehead atoms. The van der Waals surface area contributed by atoms with Gasteiger partial charge in [-0.1, -0.05) is 56.3 Å². The molecule has 34 heavy (non-hydrogen) atoms. The number of rotatable bonds is 7. The number of thioether (sulfide) groups is 1. The molecule has 0 spiro atoms. The van der Waals surface area contributed by atoms with E-state index in [9.17, 15) is 18.0 Å². The van der Waals surface area contributed by atoms with Crippen molar-refractivity contribution in [2.24, 2.45) is 7.05 Å². The molecule has 1 aromatic heterocycles. The Morgan fingerprint density at radius 2 is 1.74 bits per heavy atom. The van der Waals surface area contributed by atoms with Crippen molar-refractivity contribution in [3.63, 3.8) is 0 Å². The second-order valence-corrected chi connectivity index (χ2v) is 9.90. The van der Waals surface area contributed by atoms with Gasteiger partial charge >= 0.3 is 6.18 Å². The smallest absolute Gasteiger partial charge is 0.416 e. The van der Waals surface area contributed by atoms with Crippen LogP contribution in [-0.2, 0) is 30.0 Å². The Labute approximate surface area is 204 Å². The van der Waals surface area contributed by atoms with Crippen LogP contribution < -0.4 is 10.1 Å². The number of aromatic nitrogens is 3. The molecular formula is C23H24ClF3N4O2S. The molecule has 11 heteroatoms. The molecule has 0 radical (unpaired) electrons. The number of nitrogens with zero attached hydrogens (tertiary/aromatic N) is 3. The average Bonchev–Trinajstić information content (AvgIpc) is 3.10. The summed E-state index contributed by atoms with van der Waals surface area (Å²) in [4.78, 5) is 12.3. The molecule has 3 aromatic rings. The van der Waals surface area contributed by atoms with Crippen LogP contribution in [0.3, 0.4) is 0 Å². The molecular weight excluding hydrogens is 489 g/mol.